The number of hydrogen-bond acceptors (Lipinski definition) is 7. The summed E-state index contributed by atoms with van der Waals surface area (Å²) in [6.45, 7) is 1.76. The van der Waals surface area contributed by atoms with Gasteiger partial charge in [0.15, 0.2) is 11.8 Å². The summed E-state index contributed by atoms with van der Waals surface area (Å²) in [4.78, 5) is 35.0. The third-order valence-corrected chi connectivity index (χ3v) is 6.30. The van der Waals surface area contributed by atoms with Gasteiger partial charge in [-0.1, -0.05) is 19.1 Å². The van der Waals surface area contributed by atoms with Gasteiger partial charge in [-0.05, 0) is 49.8 Å². The molecule has 152 valence electrons. The Balaban J connectivity index is 1.49. The summed E-state index contributed by atoms with van der Waals surface area (Å²) < 4.78 is 5.41. The maximum Gasteiger partial charge on any atom is 0.359 e. The van der Waals surface area contributed by atoms with Crippen LogP contribution in [0.4, 0.5) is 5.00 Å². The third-order valence-electron chi connectivity index (χ3n) is 5.09. The highest BCUT2D eigenvalue weighted by Gasteiger charge is 2.27. The molecule has 2 aromatic heterocycles. The SMILES string of the molecule is CCC(OC(=O)c1cnc2ccccc2n1)C(=O)Nc1sc2c(c1C#N)CCCC2. The van der Waals surface area contributed by atoms with Crippen molar-refractivity contribution in [2.24, 2.45) is 0 Å². The zero-order valence-electron chi connectivity index (χ0n) is 16.5. The Morgan fingerprint density at radius 1 is 1.27 bits per heavy atom. The predicted octanol–water partition coefficient (Wildman–Crippen LogP) is 4.02. The Morgan fingerprint density at radius 2 is 2.03 bits per heavy atom. The largest absolute Gasteiger partial charge is 0.447 e. The summed E-state index contributed by atoms with van der Waals surface area (Å²) in [7, 11) is 0. The smallest absolute Gasteiger partial charge is 0.359 e. The number of rotatable bonds is 5. The first-order chi connectivity index (χ1) is 14.6. The van der Waals surface area contributed by atoms with E-state index in [2.05, 4.69) is 21.4 Å². The number of ether oxygens (including phenoxy) is 1. The van der Waals surface area contributed by atoms with Gasteiger partial charge < -0.3 is 10.1 Å². The van der Waals surface area contributed by atoms with E-state index in [-0.39, 0.29) is 5.69 Å². The van der Waals surface area contributed by atoms with Crippen molar-refractivity contribution in [3.05, 3.63) is 52.2 Å². The summed E-state index contributed by atoms with van der Waals surface area (Å²) in [5.74, 6) is -1.16. The van der Waals surface area contributed by atoms with Crippen molar-refractivity contribution in [2.75, 3.05) is 5.32 Å². The number of carbonyl (C=O) groups is 2. The molecule has 1 aromatic carbocycles. The van der Waals surface area contributed by atoms with Crippen LogP contribution in [-0.2, 0) is 22.4 Å². The number of hydrogen-bond donors (Lipinski definition) is 1. The van der Waals surface area contributed by atoms with Gasteiger partial charge in [0.2, 0.25) is 0 Å². The first-order valence-corrected chi connectivity index (χ1v) is 10.7. The number of nitrogens with one attached hydrogen (secondary N) is 1. The lowest BCUT2D eigenvalue weighted by Gasteiger charge is -2.15. The Hall–Kier alpha value is -3.31. The summed E-state index contributed by atoms with van der Waals surface area (Å²) in [6, 6.07) is 9.42. The molecule has 2 heterocycles. The number of fused-ring (bicyclic) bond motifs is 2. The molecular formula is C22H20N4O3S. The molecule has 0 saturated heterocycles. The third kappa shape index (κ3) is 3.89. The zero-order valence-corrected chi connectivity index (χ0v) is 17.3. The van der Waals surface area contributed by atoms with Crippen molar-refractivity contribution in [1.82, 2.24) is 9.97 Å². The number of para-hydroxylation sites is 2. The molecule has 1 aliphatic carbocycles. The molecule has 0 bridgehead atoms. The summed E-state index contributed by atoms with van der Waals surface area (Å²) in [5, 5.41) is 12.9. The molecule has 8 heteroatoms. The van der Waals surface area contributed by atoms with Crippen LogP contribution in [0.1, 0.15) is 52.7 Å². The molecule has 0 saturated carbocycles. The van der Waals surface area contributed by atoms with Crippen molar-refractivity contribution in [2.45, 2.75) is 45.1 Å². The lowest BCUT2D eigenvalue weighted by atomic mass is 9.96. The lowest BCUT2D eigenvalue weighted by Crippen LogP contribution is -2.32. The van der Waals surface area contributed by atoms with Gasteiger partial charge in [0, 0.05) is 4.88 Å². The van der Waals surface area contributed by atoms with E-state index < -0.39 is 18.0 Å². The molecule has 0 radical (unpaired) electrons. The highest BCUT2D eigenvalue weighted by atomic mass is 32.1. The summed E-state index contributed by atoms with van der Waals surface area (Å²) in [5.41, 5.74) is 2.87. The molecule has 1 unspecified atom stereocenters. The van der Waals surface area contributed by atoms with Gasteiger partial charge in [0.25, 0.3) is 5.91 Å². The number of nitrogens with zero attached hydrogens (tertiary/aromatic N) is 3. The molecule has 4 rings (SSSR count). The molecular weight excluding hydrogens is 400 g/mol. The van der Waals surface area contributed by atoms with Crippen LogP contribution in [0, 0.1) is 11.3 Å². The average molecular weight is 420 g/mol. The van der Waals surface area contributed by atoms with Crippen LogP contribution >= 0.6 is 11.3 Å². The van der Waals surface area contributed by atoms with Gasteiger partial charge in [-0.15, -0.1) is 11.3 Å². The van der Waals surface area contributed by atoms with E-state index in [1.54, 1.807) is 19.1 Å². The zero-order chi connectivity index (χ0) is 21.1. The quantitative estimate of drug-likeness (QED) is 0.625. The van der Waals surface area contributed by atoms with Gasteiger partial charge in [0.05, 0.1) is 22.8 Å². The van der Waals surface area contributed by atoms with Crippen LogP contribution < -0.4 is 5.32 Å². The Bertz CT molecular complexity index is 1160. The fourth-order valence-electron chi connectivity index (χ4n) is 3.53. The second-order valence-electron chi connectivity index (χ2n) is 7.06. The van der Waals surface area contributed by atoms with Crippen LogP contribution in [0.15, 0.2) is 30.5 Å². The van der Waals surface area contributed by atoms with E-state index in [0.29, 0.717) is 28.0 Å². The van der Waals surface area contributed by atoms with E-state index in [1.807, 2.05) is 12.1 Å². The van der Waals surface area contributed by atoms with Crippen LogP contribution in [0.3, 0.4) is 0 Å². The number of nitriles is 1. The van der Waals surface area contributed by atoms with Gasteiger partial charge >= 0.3 is 5.97 Å². The van der Waals surface area contributed by atoms with Crippen molar-refractivity contribution in [3.63, 3.8) is 0 Å². The second kappa shape index (κ2) is 8.59. The van der Waals surface area contributed by atoms with E-state index in [4.69, 9.17) is 4.74 Å². The Kier molecular flexibility index (Phi) is 5.72. The Morgan fingerprint density at radius 3 is 2.80 bits per heavy atom. The fourth-order valence-corrected chi connectivity index (χ4v) is 4.77. The van der Waals surface area contributed by atoms with E-state index >= 15 is 0 Å². The normalized spacial score (nSPS) is 13.9. The number of aromatic nitrogens is 2. The van der Waals surface area contributed by atoms with Crippen LogP contribution in [0.5, 0.6) is 0 Å². The minimum atomic E-state index is -0.989. The standard InChI is InChI=1S/C22H20N4O3S/c1-2-18(29-22(28)17-12-24-15-8-4-5-9-16(15)25-17)20(27)26-21-14(11-23)13-7-3-6-10-19(13)30-21/h4-5,8-9,12,18H,2-3,6-7,10H2,1H3,(H,26,27). The monoisotopic (exact) mass is 420 g/mol. The second-order valence-corrected chi connectivity index (χ2v) is 8.17. The molecule has 0 spiro atoms. The first kappa shape index (κ1) is 20.0. The molecule has 1 atom stereocenters. The maximum absolute atomic E-state index is 12.8. The van der Waals surface area contributed by atoms with Gasteiger partial charge in [0.1, 0.15) is 11.1 Å². The van der Waals surface area contributed by atoms with Gasteiger partial charge in [-0.3, -0.25) is 9.78 Å². The molecule has 0 fully saturated rings. The predicted molar refractivity (Wildman–Crippen MR) is 113 cm³/mol. The molecule has 3 aromatic rings. The molecule has 1 amide bonds. The fraction of sp³-hybridized carbons (Fsp3) is 0.318. The summed E-state index contributed by atoms with van der Waals surface area (Å²) in [6.07, 6.45) is 4.58. The van der Waals surface area contributed by atoms with E-state index in [0.717, 1.165) is 36.1 Å². The number of amides is 1. The van der Waals surface area contributed by atoms with Crippen molar-refractivity contribution in [3.8, 4) is 6.07 Å². The number of benzene rings is 1. The molecule has 1 N–H and O–H groups in total. The topological polar surface area (TPSA) is 105 Å². The number of aryl methyl sites for hydroxylation is 1. The van der Waals surface area contributed by atoms with E-state index in [9.17, 15) is 14.9 Å². The van der Waals surface area contributed by atoms with E-state index in [1.165, 1.54) is 17.5 Å². The number of esters is 1. The van der Waals surface area contributed by atoms with Crippen LogP contribution in [0.25, 0.3) is 11.0 Å². The number of thiophene rings is 1. The maximum atomic E-state index is 12.8. The average Bonchev–Trinajstić information content (AvgIpc) is 3.13. The van der Waals surface area contributed by atoms with Gasteiger partial charge in [-0.2, -0.15) is 5.26 Å². The molecule has 0 aliphatic heterocycles. The minimum absolute atomic E-state index is 0.0456. The van der Waals surface area contributed by atoms with Crippen molar-refractivity contribution >= 4 is 39.2 Å². The minimum Gasteiger partial charge on any atom is -0.447 e. The molecule has 7 nitrogen and oxygen atoms in total. The van der Waals surface area contributed by atoms with Gasteiger partial charge in [-0.25, -0.2) is 9.78 Å². The lowest BCUT2D eigenvalue weighted by molar-refractivity contribution is -0.124. The number of anilines is 1. The Labute approximate surface area is 177 Å². The van der Waals surface area contributed by atoms with Crippen LogP contribution in [0.2, 0.25) is 0 Å². The number of carbonyl (C=O) groups excluding carboxylic acids is 2. The first-order valence-electron chi connectivity index (χ1n) is 9.89. The molecule has 1 aliphatic rings. The molecule has 30 heavy (non-hydrogen) atoms. The van der Waals surface area contributed by atoms with Crippen molar-refractivity contribution < 1.29 is 14.3 Å². The highest BCUT2D eigenvalue weighted by Crippen LogP contribution is 2.37. The van der Waals surface area contributed by atoms with Crippen molar-refractivity contribution in [1.29, 1.82) is 5.26 Å². The summed E-state index contributed by atoms with van der Waals surface area (Å²) >= 11 is 1.44. The van der Waals surface area contributed by atoms with Crippen LogP contribution in [-0.4, -0.2) is 27.9 Å². The highest BCUT2D eigenvalue weighted by molar-refractivity contribution is 7.16.